The molecule has 0 spiro atoms. The van der Waals surface area contributed by atoms with Gasteiger partial charge in [0.2, 0.25) is 0 Å². The molecular formula is C17H11N5. The van der Waals surface area contributed by atoms with Gasteiger partial charge in [-0.25, -0.2) is 4.98 Å². The van der Waals surface area contributed by atoms with Gasteiger partial charge in [0.25, 0.3) is 0 Å². The molecule has 0 aliphatic carbocycles. The summed E-state index contributed by atoms with van der Waals surface area (Å²) in [6.45, 7) is 0. The quantitative estimate of drug-likeness (QED) is 0.591. The molecule has 2 heterocycles. The molecule has 0 unspecified atom stereocenters. The van der Waals surface area contributed by atoms with Crippen LogP contribution in [0.3, 0.4) is 0 Å². The number of aromatic amines is 2. The zero-order valence-corrected chi connectivity index (χ0v) is 11.5. The van der Waals surface area contributed by atoms with Gasteiger partial charge < -0.3 is 4.98 Å². The van der Waals surface area contributed by atoms with Crippen molar-refractivity contribution in [2.75, 3.05) is 0 Å². The van der Waals surface area contributed by atoms with Gasteiger partial charge in [-0.1, -0.05) is 12.1 Å². The summed E-state index contributed by atoms with van der Waals surface area (Å²) in [7, 11) is 0. The van der Waals surface area contributed by atoms with E-state index in [2.05, 4.69) is 32.3 Å². The van der Waals surface area contributed by atoms with Gasteiger partial charge in [0, 0.05) is 28.9 Å². The van der Waals surface area contributed by atoms with E-state index in [0.717, 1.165) is 33.5 Å². The molecule has 0 bridgehead atoms. The summed E-state index contributed by atoms with van der Waals surface area (Å²) in [5.74, 6) is 0.828. The summed E-state index contributed by atoms with van der Waals surface area (Å²) in [6, 6.07) is 15.6. The molecule has 104 valence electrons. The molecule has 22 heavy (non-hydrogen) atoms. The van der Waals surface area contributed by atoms with Crippen molar-refractivity contribution in [3.8, 4) is 28.7 Å². The van der Waals surface area contributed by atoms with Crippen molar-refractivity contribution >= 4 is 10.9 Å². The number of benzene rings is 2. The third-order valence-electron chi connectivity index (χ3n) is 3.62. The third kappa shape index (κ3) is 1.95. The Labute approximate surface area is 126 Å². The molecule has 0 atom stereocenters. The molecule has 4 rings (SSSR count). The Balaban J connectivity index is 1.87. The highest BCUT2D eigenvalue weighted by molar-refractivity contribution is 5.95. The second kappa shape index (κ2) is 4.86. The maximum atomic E-state index is 8.89. The number of nitriles is 1. The van der Waals surface area contributed by atoms with E-state index in [9.17, 15) is 0 Å². The second-order valence-corrected chi connectivity index (χ2v) is 4.96. The zero-order chi connectivity index (χ0) is 14.9. The summed E-state index contributed by atoms with van der Waals surface area (Å²) in [4.78, 5) is 7.39. The van der Waals surface area contributed by atoms with E-state index in [1.165, 1.54) is 0 Å². The lowest BCUT2D eigenvalue weighted by atomic mass is 10.0. The zero-order valence-electron chi connectivity index (χ0n) is 11.5. The average Bonchev–Trinajstić information content (AvgIpc) is 3.24. The molecule has 2 aromatic heterocycles. The molecule has 0 saturated heterocycles. The summed E-state index contributed by atoms with van der Waals surface area (Å²) in [6.07, 6.45) is 3.53. The van der Waals surface area contributed by atoms with Gasteiger partial charge in [0.1, 0.15) is 5.82 Å². The fourth-order valence-electron chi connectivity index (χ4n) is 2.51. The number of aromatic nitrogens is 4. The highest BCUT2D eigenvalue weighted by Crippen LogP contribution is 2.29. The Kier molecular flexibility index (Phi) is 2.73. The van der Waals surface area contributed by atoms with Crippen LogP contribution in [0.1, 0.15) is 5.56 Å². The van der Waals surface area contributed by atoms with Gasteiger partial charge in [-0.05, 0) is 30.3 Å². The van der Waals surface area contributed by atoms with Crippen LogP contribution in [0.15, 0.2) is 54.9 Å². The fraction of sp³-hybridized carbons (Fsp3) is 0. The lowest BCUT2D eigenvalue weighted by molar-refractivity contribution is 1.12. The average molecular weight is 285 g/mol. The van der Waals surface area contributed by atoms with Crippen molar-refractivity contribution < 1.29 is 0 Å². The molecule has 0 aliphatic heterocycles. The molecule has 5 nitrogen and oxygen atoms in total. The number of H-pyrrole nitrogens is 2. The van der Waals surface area contributed by atoms with E-state index in [4.69, 9.17) is 5.26 Å². The van der Waals surface area contributed by atoms with Crippen molar-refractivity contribution in [3.05, 3.63) is 60.4 Å². The van der Waals surface area contributed by atoms with Crippen LogP contribution in [0, 0.1) is 11.3 Å². The first kappa shape index (κ1) is 12.4. The predicted octanol–water partition coefficient (Wildman–Crippen LogP) is 3.49. The van der Waals surface area contributed by atoms with Crippen LogP contribution in [-0.2, 0) is 0 Å². The van der Waals surface area contributed by atoms with E-state index in [1.54, 1.807) is 24.5 Å². The number of nitrogens with one attached hydrogen (secondary N) is 2. The van der Waals surface area contributed by atoms with Gasteiger partial charge in [0.05, 0.1) is 22.8 Å². The Morgan fingerprint density at radius 3 is 2.55 bits per heavy atom. The first-order valence-electron chi connectivity index (χ1n) is 6.83. The second-order valence-electron chi connectivity index (χ2n) is 4.96. The number of fused-ring (bicyclic) bond motifs is 1. The fourth-order valence-corrected chi connectivity index (χ4v) is 2.51. The standard InChI is InChI=1S/C17H11N5/c18-10-11-1-3-12(4-2-11)16-14-9-13(17-19-7-8-20-17)5-6-15(14)21-22-16/h1-9H,(H,19,20)(H,21,22). The van der Waals surface area contributed by atoms with Crippen molar-refractivity contribution in [1.29, 1.82) is 5.26 Å². The van der Waals surface area contributed by atoms with Crippen LogP contribution in [0.2, 0.25) is 0 Å². The first-order chi connectivity index (χ1) is 10.8. The molecule has 0 aliphatic rings. The Morgan fingerprint density at radius 2 is 1.82 bits per heavy atom. The minimum Gasteiger partial charge on any atom is -0.345 e. The maximum absolute atomic E-state index is 8.89. The highest BCUT2D eigenvalue weighted by atomic mass is 15.1. The van der Waals surface area contributed by atoms with E-state index in [0.29, 0.717) is 5.56 Å². The predicted molar refractivity (Wildman–Crippen MR) is 83.8 cm³/mol. The number of hydrogen-bond acceptors (Lipinski definition) is 3. The minimum atomic E-state index is 0.639. The summed E-state index contributed by atoms with van der Waals surface area (Å²) in [5, 5.41) is 17.4. The van der Waals surface area contributed by atoms with Gasteiger partial charge in [0.15, 0.2) is 0 Å². The Hall–Kier alpha value is -3.39. The molecule has 0 amide bonds. The topological polar surface area (TPSA) is 81.2 Å². The third-order valence-corrected chi connectivity index (χ3v) is 3.62. The summed E-state index contributed by atoms with van der Waals surface area (Å²) >= 11 is 0. The van der Waals surface area contributed by atoms with Crippen molar-refractivity contribution in [3.63, 3.8) is 0 Å². The maximum Gasteiger partial charge on any atom is 0.137 e. The molecular weight excluding hydrogens is 274 g/mol. The van der Waals surface area contributed by atoms with Gasteiger partial charge in [-0.15, -0.1) is 0 Å². The van der Waals surface area contributed by atoms with Crippen LogP contribution in [-0.4, -0.2) is 20.2 Å². The van der Waals surface area contributed by atoms with E-state index < -0.39 is 0 Å². The van der Waals surface area contributed by atoms with E-state index >= 15 is 0 Å². The number of imidazole rings is 1. The van der Waals surface area contributed by atoms with E-state index in [-0.39, 0.29) is 0 Å². The lowest BCUT2D eigenvalue weighted by Crippen LogP contribution is -1.82. The first-order valence-corrected chi connectivity index (χ1v) is 6.83. The van der Waals surface area contributed by atoms with Crippen molar-refractivity contribution in [2.24, 2.45) is 0 Å². The van der Waals surface area contributed by atoms with Gasteiger partial charge in [-0.2, -0.15) is 10.4 Å². The largest absolute Gasteiger partial charge is 0.345 e. The molecule has 2 aromatic carbocycles. The monoisotopic (exact) mass is 285 g/mol. The minimum absolute atomic E-state index is 0.639. The van der Waals surface area contributed by atoms with Crippen molar-refractivity contribution in [2.45, 2.75) is 0 Å². The normalized spacial score (nSPS) is 10.7. The molecule has 5 heteroatoms. The Morgan fingerprint density at radius 1 is 1.00 bits per heavy atom. The SMILES string of the molecule is N#Cc1ccc(-c2n[nH]c3ccc(-c4ncc[nH]4)cc23)cc1. The molecule has 0 saturated carbocycles. The van der Waals surface area contributed by atoms with E-state index in [1.807, 2.05) is 24.3 Å². The van der Waals surface area contributed by atoms with Crippen LogP contribution < -0.4 is 0 Å². The van der Waals surface area contributed by atoms with Gasteiger partial charge >= 0.3 is 0 Å². The smallest absolute Gasteiger partial charge is 0.137 e. The van der Waals surface area contributed by atoms with Gasteiger partial charge in [-0.3, -0.25) is 5.10 Å². The van der Waals surface area contributed by atoms with Crippen LogP contribution in [0.25, 0.3) is 33.5 Å². The molecule has 0 fully saturated rings. The highest BCUT2D eigenvalue weighted by Gasteiger charge is 2.10. The Bertz CT molecular complexity index is 972. The van der Waals surface area contributed by atoms with Crippen molar-refractivity contribution in [1.82, 2.24) is 20.2 Å². The number of rotatable bonds is 2. The molecule has 0 radical (unpaired) electrons. The van der Waals surface area contributed by atoms with Crippen LogP contribution >= 0.6 is 0 Å². The summed E-state index contributed by atoms with van der Waals surface area (Å²) < 4.78 is 0. The summed E-state index contributed by atoms with van der Waals surface area (Å²) in [5.41, 5.74) is 4.46. The molecule has 4 aromatic rings. The van der Waals surface area contributed by atoms with Crippen LogP contribution in [0.4, 0.5) is 0 Å². The van der Waals surface area contributed by atoms with Crippen LogP contribution in [0.5, 0.6) is 0 Å². The lowest BCUT2D eigenvalue weighted by Gasteiger charge is -2.00. The number of nitrogens with zero attached hydrogens (tertiary/aromatic N) is 3. The number of hydrogen-bond donors (Lipinski definition) is 2. The molecule has 2 N–H and O–H groups in total.